The molecule has 0 aliphatic heterocycles. The van der Waals surface area contributed by atoms with Gasteiger partial charge in [0.05, 0.1) is 18.9 Å². The van der Waals surface area contributed by atoms with Crippen molar-refractivity contribution in [3.8, 4) is 17.2 Å². The van der Waals surface area contributed by atoms with E-state index in [0.29, 0.717) is 22.3 Å². The van der Waals surface area contributed by atoms with E-state index in [1.807, 2.05) is 30.3 Å². The van der Waals surface area contributed by atoms with Crippen LogP contribution in [0, 0.1) is 0 Å². The first-order chi connectivity index (χ1) is 13.5. The van der Waals surface area contributed by atoms with Crippen molar-refractivity contribution >= 4 is 22.7 Å². The van der Waals surface area contributed by atoms with Gasteiger partial charge in [-0.1, -0.05) is 18.2 Å². The summed E-state index contributed by atoms with van der Waals surface area (Å²) in [5, 5.41) is 10.7. The summed E-state index contributed by atoms with van der Waals surface area (Å²) in [5.74, 6) is -0.198. The zero-order chi connectivity index (χ0) is 20.1. The first-order valence-electron chi connectivity index (χ1n) is 8.69. The lowest BCUT2D eigenvalue weighted by Crippen LogP contribution is -2.14. The van der Waals surface area contributed by atoms with E-state index in [0.717, 1.165) is 0 Å². The molecule has 1 N–H and O–H groups in total. The molecule has 1 heterocycles. The minimum absolute atomic E-state index is 0.00980. The predicted octanol–water partition coefficient (Wildman–Crippen LogP) is 3.62. The number of benzene rings is 2. The van der Waals surface area contributed by atoms with Gasteiger partial charge >= 0.3 is 11.9 Å². The first kappa shape index (κ1) is 19.3. The van der Waals surface area contributed by atoms with Crippen LogP contribution >= 0.6 is 0 Å². The lowest BCUT2D eigenvalue weighted by molar-refractivity contribution is -0.131. The number of rotatable bonds is 6. The van der Waals surface area contributed by atoms with Gasteiger partial charge in [-0.25, -0.2) is 9.78 Å². The van der Waals surface area contributed by atoms with E-state index in [9.17, 15) is 14.7 Å². The Labute approximate surface area is 161 Å². The van der Waals surface area contributed by atoms with Gasteiger partial charge in [0, 0.05) is 17.7 Å². The second-order valence-electron chi connectivity index (χ2n) is 5.83. The van der Waals surface area contributed by atoms with E-state index in [1.165, 1.54) is 6.92 Å². The molecule has 0 spiro atoms. The van der Waals surface area contributed by atoms with E-state index >= 15 is 0 Å². The number of fused-ring (bicyclic) bond motifs is 1. The Bertz CT molecular complexity index is 1020. The van der Waals surface area contributed by atoms with Gasteiger partial charge in [0.25, 0.3) is 0 Å². The summed E-state index contributed by atoms with van der Waals surface area (Å²) in [6.07, 6.45) is 0. The van der Waals surface area contributed by atoms with Crippen LogP contribution in [0.4, 0.5) is 0 Å². The second-order valence-corrected chi connectivity index (χ2v) is 5.83. The number of pyridine rings is 1. The average molecular weight is 381 g/mol. The number of nitrogens with zero attached hydrogens (tertiary/aromatic N) is 1. The average Bonchev–Trinajstić information content (AvgIpc) is 2.68. The third-order valence-corrected chi connectivity index (χ3v) is 3.85. The Balaban J connectivity index is 2.15. The standard InChI is InChI=1S/C21H19NO6/c1-3-26-21(25)19-20(27-13(2)24)16-10-9-15(11-17(16)18(12-23)22-19)28-14-7-5-4-6-8-14/h4-11,23H,3,12H2,1-2H3. The fraction of sp³-hybridized carbons (Fsp3) is 0.190. The highest BCUT2D eigenvalue weighted by Crippen LogP contribution is 2.35. The smallest absolute Gasteiger partial charge is 0.360 e. The number of para-hydroxylation sites is 1. The highest BCUT2D eigenvalue weighted by Gasteiger charge is 2.23. The molecule has 0 saturated heterocycles. The molecular weight excluding hydrogens is 362 g/mol. The van der Waals surface area contributed by atoms with Crippen molar-refractivity contribution in [3.63, 3.8) is 0 Å². The lowest BCUT2D eigenvalue weighted by Gasteiger charge is -2.14. The summed E-state index contributed by atoms with van der Waals surface area (Å²) in [6, 6.07) is 14.2. The number of carbonyl (C=O) groups excluding carboxylic acids is 2. The number of aliphatic hydroxyl groups is 1. The SMILES string of the molecule is CCOC(=O)c1nc(CO)c2cc(Oc3ccccc3)ccc2c1OC(C)=O. The van der Waals surface area contributed by atoms with E-state index in [1.54, 1.807) is 25.1 Å². The molecule has 0 aliphatic rings. The van der Waals surface area contributed by atoms with E-state index < -0.39 is 18.5 Å². The van der Waals surface area contributed by atoms with Gasteiger partial charge in [-0.2, -0.15) is 0 Å². The number of aromatic nitrogens is 1. The molecule has 0 unspecified atom stereocenters. The number of hydrogen-bond acceptors (Lipinski definition) is 7. The van der Waals surface area contributed by atoms with Crippen LogP contribution in [-0.4, -0.2) is 28.6 Å². The monoisotopic (exact) mass is 381 g/mol. The van der Waals surface area contributed by atoms with Gasteiger partial charge in [0.15, 0.2) is 11.4 Å². The third-order valence-electron chi connectivity index (χ3n) is 3.85. The summed E-state index contributed by atoms with van der Waals surface area (Å²) in [7, 11) is 0. The van der Waals surface area contributed by atoms with Crippen molar-refractivity contribution in [2.75, 3.05) is 6.61 Å². The highest BCUT2D eigenvalue weighted by atomic mass is 16.5. The van der Waals surface area contributed by atoms with Crippen LogP contribution in [0.25, 0.3) is 10.8 Å². The van der Waals surface area contributed by atoms with Gasteiger partial charge in [-0.05, 0) is 37.3 Å². The molecule has 0 bridgehead atoms. The molecule has 2 aromatic carbocycles. The molecule has 0 radical (unpaired) electrons. The van der Waals surface area contributed by atoms with E-state index in [2.05, 4.69) is 4.98 Å². The van der Waals surface area contributed by atoms with Crippen LogP contribution in [0.1, 0.15) is 30.0 Å². The molecule has 0 amide bonds. The normalized spacial score (nSPS) is 10.5. The van der Waals surface area contributed by atoms with Crippen molar-refractivity contribution < 1.29 is 28.9 Å². The molecule has 0 saturated carbocycles. The molecule has 7 nitrogen and oxygen atoms in total. The minimum Gasteiger partial charge on any atom is -0.461 e. The lowest BCUT2D eigenvalue weighted by atomic mass is 10.1. The summed E-state index contributed by atoms with van der Waals surface area (Å²) in [4.78, 5) is 28.0. The summed E-state index contributed by atoms with van der Waals surface area (Å²) < 4.78 is 16.1. The van der Waals surface area contributed by atoms with Crippen molar-refractivity contribution in [1.82, 2.24) is 4.98 Å². The molecule has 0 atom stereocenters. The van der Waals surface area contributed by atoms with Crippen LogP contribution in [-0.2, 0) is 16.1 Å². The third kappa shape index (κ3) is 4.10. The highest BCUT2D eigenvalue weighted by molar-refractivity contribution is 6.02. The van der Waals surface area contributed by atoms with Crippen LogP contribution < -0.4 is 9.47 Å². The van der Waals surface area contributed by atoms with Crippen LogP contribution in [0.5, 0.6) is 17.2 Å². The second kappa shape index (κ2) is 8.49. The molecular formula is C21H19NO6. The Kier molecular flexibility index (Phi) is 5.86. The van der Waals surface area contributed by atoms with Gasteiger partial charge < -0.3 is 19.3 Å². The minimum atomic E-state index is -0.736. The molecule has 3 rings (SSSR count). The fourth-order valence-corrected chi connectivity index (χ4v) is 2.73. The Morgan fingerprint density at radius 3 is 2.43 bits per heavy atom. The molecule has 144 valence electrons. The van der Waals surface area contributed by atoms with Crippen molar-refractivity contribution in [2.45, 2.75) is 20.5 Å². The molecule has 0 aliphatic carbocycles. The summed E-state index contributed by atoms with van der Waals surface area (Å²) in [5.41, 5.74) is 0.0813. The first-order valence-corrected chi connectivity index (χ1v) is 8.69. The van der Waals surface area contributed by atoms with Gasteiger partial charge in [0.2, 0.25) is 0 Å². The number of ether oxygens (including phenoxy) is 3. The van der Waals surface area contributed by atoms with Crippen LogP contribution in [0.15, 0.2) is 48.5 Å². The maximum absolute atomic E-state index is 12.3. The van der Waals surface area contributed by atoms with Gasteiger partial charge in [-0.3, -0.25) is 4.79 Å². The van der Waals surface area contributed by atoms with Crippen molar-refractivity contribution in [3.05, 3.63) is 59.9 Å². The summed E-state index contributed by atoms with van der Waals surface area (Å²) >= 11 is 0. The number of carbonyl (C=O) groups is 2. The zero-order valence-corrected chi connectivity index (χ0v) is 15.5. The predicted molar refractivity (Wildman–Crippen MR) is 101 cm³/mol. The molecule has 1 aromatic heterocycles. The number of hydrogen-bond donors (Lipinski definition) is 1. The fourth-order valence-electron chi connectivity index (χ4n) is 2.73. The topological polar surface area (TPSA) is 95.0 Å². The molecule has 3 aromatic rings. The largest absolute Gasteiger partial charge is 0.461 e. The maximum atomic E-state index is 12.3. The Morgan fingerprint density at radius 2 is 1.79 bits per heavy atom. The van der Waals surface area contributed by atoms with Crippen LogP contribution in [0.2, 0.25) is 0 Å². The van der Waals surface area contributed by atoms with Crippen molar-refractivity contribution in [1.29, 1.82) is 0 Å². The molecule has 0 fully saturated rings. The van der Waals surface area contributed by atoms with Gasteiger partial charge in [-0.15, -0.1) is 0 Å². The zero-order valence-electron chi connectivity index (χ0n) is 15.5. The quantitative estimate of drug-likeness (QED) is 0.652. The van der Waals surface area contributed by atoms with E-state index in [4.69, 9.17) is 14.2 Å². The van der Waals surface area contributed by atoms with E-state index in [-0.39, 0.29) is 23.7 Å². The van der Waals surface area contributed by atoms with Crippen LogP contribution in [0.3, 0.4) is 0 Å². The number of esters is 2. The Morgan fingerprint density at radius 1 is 1.04 bits per heavy atom. The van der Waals surface area contributed by atoms with Gasteiger partial charge in [0.1, 0.15) is 11.5 Å². The molecule has 7 heteroatoms. The Hall–Kier alpha value is -3.45. The van der Waals surface area contributed by atoms with Crippen molar-refractivity contribution in [2.24, 2.45) is 0 Å². The summed E-state index contributed by atoms with van der Waals surface area (Å²) in [6.45, 7) is 2.60. The maximum Gasteiger partial charge on any atom is 0.360 e. The number of aliphatic hydroxyl groups excluding tert-OH is 1. The molecule has 28 heavy (non-hydrogen) atoms.